The molecule has 0 N–H and O–H groups in total. The van der Waals surface area contributed by atoms with E-state index in [0.29, 0.717) is 0 Å². The second-order valence-electron chi connectivity index (χ2n) is 7.35. The maximum Gasteiger partial charge on any atom is 0.257 e. The van der Waals surface area contributed by atoms with Gasteiger partial charge < -0.3 is 4.90 Å². The molecule has 0 unspecified atom stereocenters. The first kappa shape index (κ1) is 14.2. The first-order valence-corrected chi connectivity index (χ1v) is 8.86. The lowest BCUT2D eigenvalue weighted by Gasteiger charge is -2.44. The molecule has 4 nitrogen and oxygen atoms in total. The number of nitrogens with zero attached hydrogens (tertiary/aromatic N) is 3. The van der Waals surface area contributed by atoms with Crippen molar-refractivity contribution in [2.45, 2.75) is 45.4 Å². The van der Waals surface area contributed by atoms with E-state index in [1.54, 1.807) is 12.5 Å². The van der Waals surface area contributed by atoms with Crippen molar-refractivity contribution in [3.05, 3.63) is 23.8 Å². The van der Waals surface area contributed by atoms with Gasteiger partial charge >= 0.3 is 0 Å². The Bertz CT molecular complexity index is 545. The summed E-state index contributed by atoms with van der Waals surface area (Å²) < 4.78 is 0. The average molecular weight is 299 g/mol. The number of rotatable bonds is 3. The summed E-state index contributed by atoms with van der Waals surface area (Å²) in [6.07, 6.45) is 10.7. The number of carbonyl (C=O) groups excluding carboxylic acids is 1. The summed E-state index contributed by atoms with van der Waals surface area (Å²) in [5, 5.41) is 0. The Kier molecular flexibility index (Phi) is 3.63. The smallest absolute Gasteiger partial charge is 0.257 e. The van der Waals surface area contributed by atoms with E-state index in [1.807, 2.05) is 0 Å². The minimum atomic E-state index is 0.165. The van der Waals surface area contributed by atoms with Crippen molar-refractivity contribution >= 4 is 5.91 Å². The molecule has 1 aliphatic heterocycles. The van der Waals surface area contributed by atoms with Crippen LogP contribution in [0.2, 0.25) is 0 Å². The van der Waals surface area contributed by atoms with Crippen molar-refractivity contribution in [1.82, 2.24) is 14.9 Å². The summed E-state index contributed by atoms with van der Waals surface area (Å²) in [5.74, 6) is 3.43. The standard InChI is InChI=1S/C18H25N3O/c1-2-3-17-14(8-19-11-20-17)18(22)21-9-15-12-4-5-13(7-6-12)16(15)10-21/h8,11-13,15-16H,2-7,9-10H2,1H3/t12?,13?,15-,16+. The van der Waals surface area contributed by atoms with Crippen LogP contribution in [0.3, 0.4) is 0 Å². The van der Waals surface area contributed by atoms with Crippen molar-refractivity contribution in [2.75, 3.05) is 13.1 Å². The fourth-order valence-electron chi connectivity index (χ4n) is 5.16. The molecular formula is C18H25N3O. The van der Waals surface area contributed by atoms with Crippen LogP contribution in [-0.4, -0.2) is 33.9 Å². The number of hydrogen-bond donors (Lipinski definition) is 0. The predicted molar refractivity (Wildman–Crippen MR) is 84.4 cm³/mol. The first-order valence-electron chi connectivity index (χ1n) is 8.86. The summed E-state index contributed by atoms with van der Waals surface area (Å²) >= 11 is 0. The van der Waals surface area contributed by atoms with Gasteiger partial charge in [0, 0.05) is 19.3 Å². The molecule has 1 saturated heterocycles. The normalized spacial score (nSPS) is 33.0. The fourth-order valence-corrected chi connectivity index (χ4v) is 5.16. The molecule has 1 aromatic rings. The Morgan fingerprint density at radius 2 is 1.82 bits per heavy atom. The van der Waals surface area contributed by atoms with Crippen LogP contribution in [-0.2, 0) is 6.42 Å². The maximum atomic E-state index is 13.0. The number of fused-ring (bicyclic) bond motifs is 2. The van der Waals surface area contributed by atoms with E-state index in [-0.39, 0.29) is 5.91 Å². The Hall–Kier alpha value is -1.45. The van der Waals surface area contributed by atoms with Crippen LogP contribution in [0.15, 0.2) is 12.5 Å². The summed E-state index contributed by atoms with van der Waals surface area (Å²) in [6, 6.07) is 0. The molecule has 118 valence electrons. The van der Waals surface area contributed by atoms with Gasteiger partial charge in [-0.3, -0.25) is 4.79 Å². The first-order chi connectivity index (χ1) is 10.8. The Labute approximate surface area is 132 Å². The molecule has 2 bridgehead atoms. The van der Waals surface area contributed by atoms with Gasteiger partial charge in [-0.05, 0) is 55.8 Å². The van der Waals surface area contributed by atoms with E-state index in [9.17, 15) is 4.79 Å². The number of amides is 1. The molecule has 0 aromatic carbocycles. The third kappa shape index (κ3) is 2.24. The van der Waals surface area contributed by atoms with E-state index in [4.69, 9.17) is 0 Å². The molecule has 2 atom stereocenters. The van der Waals surface area contributed by atoms with Gasteiger partial charge in [0.05, 0.1) is 11.3 Å². The van der Waals surface area contributed by atoms with E-state index in [2.05, 4.69) is 21.8 Å². The minimum Gasteiger partial charge on any atom is -0.338 e. The molecule has 3 aliphatic carbocycles. The highest BCUT2D eigenvalue weighted by molar-refractivity contribution is 5.95. The van der Waals surface area contributed by atoms with E-state index in [0.717, 1.165) is 60.9 Å². The van der Waals surface area contributed by atoms with E-state index in [1.165, 1.54) is 25.7 Å². The largest absolute Gasteiger partial charge is 0.338 e. The molecule has 4 fully saturated rings. The lowest BCUT2D eigenvalue weighted by atomic mass is 9.60. The Morgan fingerprint density at radius 1 is 1.18 bits per heavy atom. The SMILES string of the molecule is CCCc1ncncc1C(=O)N1C[C@@H]2C3CCC(CC3)[C@@H]2C1. The third-order valence-electron chi connectivity index (χ3n) is 6.24. The zero-order valence-electron chi connectivity index (χ0n) is 13.4. The average Bonchev–Trinajstić information content (AvgIpc) is 3.03. The van der Waals surface area contributed by atoms with Crippen LogP contribution < -0.4 is 0 Å². The molecule has 5 rings (SSSR count). The lowest BCUT2D eigenvalue weighted by molar-refractivity contribution is 0.0577. The second-order valence-corrected chi connectivity index (χ2v) is 7.35. The summed E-state index contributed by atoms with van der Waals surface area (Å²) in [6.45, 7) is 4.05. The van der Waals surface area contributed by atoms with Crippen LogP contribution in [0.1, 0.15) is 55.1 Å². The van der Waals surface area contributed by atoms with Crippen LogP contribution in [0.25, 0.3) is 0 Å². The predicted octanol–water partition coefficient (Wildman–Crippen LogP) is 2.94. The summed E-state index contributed by atoms with van der Waals surface area (Å²) in [7, 11) is 0. The fraction of sp³-hybridized carbons (Fsp3) is 0.722. The van der Waals surface area contributed by atoms with Crippen molar-refractivity contribution in [3.63, 3.8) is 0 Å². The van der Waals surface area contributed by atoms with Gasteiger partial charge in [0.1, 0.15) is 6.33 Å². The third-order valence-corrected chi connectivity index (χ3v) is 6.24. The maximum absolute atomic E-state index is 13.0. The number of likely N-dealkylation sites (tertiary alicyclic amines) is 1. The summed E-state index contributed by atoms with van der Waals surface area (Å²) in [5.41, 5.74) is 1.65. The van der Waals surface area contributed by atoms with Crippen molar-refractivity contribution in [3.8, 4) is 0 Å². The van der Waals surface area contributed by atoms with Gasteiger partial charge in [0.2, 0.25) is 0 Å². The van der Waals surface area contributed by atoms with Gasteiger partial charge in [-0.2, -0.15) is 0 Å². The van der Waals surface area contributed by atoms with Gasteiger partial charge in [-0.15, -0.1) is 0 Å². The van der Waals surface area contributed by atoms with Crippen LogP contribution >= 0.6 is 0 Å². The van der Waals surface area contributed by atoms with Crippen molar-refractivity contribution < 1.29 is 4.79 Å². The quantitative estimate of drug-likeness (QED) is 0.862. The van der Waals surface area contributed by atoms with Crippen LogP contribution in [0, 0.1) is 23.7 Å². The van der Waals surface area contributed by atoms with Crippen LogP contribution in [0.4, 0.5) is 0 Å². The molecule has 3 saturated carbocycles. The van der Waals surface area contributed by atoms with Gasteiger partial charge in [-0.1, -0.05) is 13.3 Å². The molecule has 1 aromatic heterocycles. The molecular weight excluding hydrogens is 274 g/mol. The van der Waals surface area contributed by atoms with Crippen molar-refractivity contribution in [1.29, 1.82) is 0 Å². The number of aromatic nitrogens is 2. The molecule has 2 heterocycles. The molecule has 4 heteroatoms. The second kappa shape index (κ2) is 5.64. The molecule has 22 heavy (non-hydrogen) atoms. The van der Waals surface area contributed by atoms with E-state index < -0.39 is 0 Å². The number of hydrogen-bond acceptors (Lipinski definition) is 3. The highest BCUT2D eigenvalue weighted by atomic mass is 16.2. The topological polar surface area (TPSA) is 46.1 Å². The summed E-state index contributed by atoms with van der Waals surface area (Å²) in [4.78, 5) is 23.5. The monoisotopic (exact) mass is 299 g/mol. The van der Waals surface area contributed by atoms with Gasteiger partial charge in [0.25, 0.3) is 5.91 Å². The Balaban J connectivity index is 1.55. The van der Waals surface area contributed by atoms with Crippen LogP contribution in [0.5, 0.6) is 0 Å². The van der Waals surface area contributed by atoms with Gasteiger partial charge in [0.15, 0.2) is 0 Å². The van der Waals surface area contributed by atoms with E-state index >= 15 is 0 Å². The minimum absolute atomic E-state index is 0.165. The molecule has 1 amide bonds. The molecule has 0 radical (unpaired) electrons. The zero-order chi connectivity index (χ0) is 15.1. The highest BCUT2D eigenvalue weighted by Gasteiger charge is 2.49. The number of aryl methyl sites for hydroxylation is 1. The number of carbonyl (C=O) groups is 1. The lowest BCUT2D eigenvalue weighted by Crippen LogP contribution is -2.38. The highest BCUT2D eigenvalue weighted by Crippen LogP contribution is 2.51. The molecule has 0 spiro atoms. The molecule has 4 aliphatic rings. The Morgan fingerprint density at radius 3 is 2.41 bits per heavy atom. The van der Waals surface area contributed by atoms with Crippen molar-refractivity contribution in [2.24, 2.45) is 23.7 Å². The van der Waals surface area contributed by atoms with Gasteiger partial charge in [-0.25, -0.2) is 9.97 Å². The zero-order valence-corrected chi connectivity index (χ0v) is 13.4.